The zero-order chi connectivity index (χ0) is 18.7. The van der Waals surface area contributed by atoms with E-state index in [1.807, 2.05) is 0 Å². The lowest BCUT2D eigenvalue weighted by Crippen LogP contribution is -2.30. The number of esters is 1. The molecule has 0 bridgehead atoms. The quantitative estimate of drug-likeness (QED) is 0.729. The summed E-state index contributed by atoms with van der Waals surface area (Å²) in [5.74, 6) is -0.801. The second kappa shape index (κ2) is 7.43. The number of benzene rings is 1. The average Bonchev–Trinajstić information content (AvgIpc) is 3.14. The summed E-state index contributed by atoms with van der Waals surface area (Å²) in [5, 5.41) is 0. The lowest BCUT2D eigenvalue weighted by atomic mass is 10.1. The Labute approximate surface area is 151 Å². The predicted octanol–water partition coefficient (Wildman–Crippen LogP) is 1.08. The van der Waals surface area contributed by atoms with E-state index in [1.165, 1.54) is 29.6 Å². The summed E-state index contributed by atoms with van der Waals surface area (Å²) in [4.78, 5) is 23.5. The van der Waals surface area contributed by atoms with Crippen molar-refractivity contribution in [3.05, 3.63) is 64.6 Å². The highest BCUT2D eigenvalue weighted by Gasteiger charge is 2.36. The number of nitrogens with zero attached hydrogens (tertiary/aromatic N) is 2. The van der Waals surface area contributed by atoms with Gasteiger partial charge in [0.1, 0.15) is 0 Å². The van der Waals surface area contributed by atoms with Gasteiger partial charge >= 0.3 is 5.97 Å². The fraction of sp³-hybridized carbons (Fsp3) is 0.333. The standard InChI is InChI=1S/C18H20N2O5S/c1-25-18(22)15-9-11-20(13-15)26(23,24)16-7-5-14(6-8-16)12-19-10-3-2-4-17(19)21/h2-8,10,15H,9,11-13H2,1H3. The van der Waals surface area contributed by atoms with E-state index in [0.717, 1.165) is 5.56 Å². The van der Waals surface area contributed by atoms with Crippen LogP contribution in [0.15, 0.2) is 58.4 Å². The molecule has 0 N–H and O–H groups in total. The van der Waals surface area contributed by atoms with Crippen molar-refractivity contribution in [2.45, 2.75) is 17.9 Å². The third-order valence-corrected chi connectivity index (χ3v) is 6.38. The molecule has 0 radical (unpaired) electrons. The Kier molecular flexibility index (Phi) is 5.24. The number of aromatic nitrogens is 1. The first-order chi connectivity index (χ1) is 12.4. The normalized spacial score (nSPS) is 18.0. The van der Waals surface area contributed by atoms with E-state index in [4.69, 9.17) is 4.74 Å². The van der Waals surface area contributed by atoms with Crippen LogP contribution in [-0.4, -0.2) is 43.5 Å². The van der Waals surface area contributed by atoms with Crippen LogP contribution in [0.4, 0.5) is 0 Å². The van der Waals surface area contributed by atoms with Crippen molar-refractivity contribution >= 4 is 16.0 Å². The van der Waals surface area contributed by atoms with Gasteiger partial charge in [-0.05, 0) is 30.2 Å². The number of hydrogen-bond acceptors (Lipinski definition) is 5. The second-order valence-corrected chi connectivity index (χ2v) is 8.12. The van der Waals surface area contributed by atoms with Crippen molar-refractivity contribution in [3.8, 4) is 0 Å². The highest BCUT2D eigenvalue weighted by molar-refractivity contribution is 7.89. The summed E-state index contributed by atoms with van der Waals surface area (Å²) < 4.78 is 33.0. The van der Waals surface area contributed by atoms with E-state index in [0.29, 0.717) is 19.5 Å². The van der Waals surface area contributed by atoms with Gasteiger partial charge in [-0.1, -0.05) is 18.2 Å². The van der Waals surface area contributed by atoms with Gasteiger partial charge in [0.25, 0.3) is 5.56 Å². The molecule has 1 aliphatic heterocycles. The lowest BCUT2D eigenvalue weighted by Gasteiger charge is -2.16. The number of methoxy groups -OCH3 is 1. The van der Waals surface area contributed by atoms with Crippen LogP contribution in [0.1, 0.15) is 12.0 Å². The van der Waals surface area contributed by atoms with Crippen LogP contribution >= 0.6 is 0 Å². The highest BCUT2D eigenvalue weighted by Crippen LogP contribution is 2.25. The minimum Gasteiger partial charge on any atom is -0.469 e. The molecule has 7 nitrogen and oxygen atoms in total. The molecular weight excluding hydrogens is 356 g/mol. The smallest absolute Gasteiger partial charge is 0.310 e. The molecule has 8 heteroatoms. The van der Waals surface area contributed by atoms with E-state index in [1.54, 1.807) is 35.0 Å². The minimum absolute atomic E-state index is 0.116. The number of pyridine rings is 1. The average molecular weight is 376 g/mol. The molecule has 0 spiro atoms. The molecule has 3 rings (SSSR count). The Balaban J connectivity index is 1.74. The summed E-state index contributed by atoms with van der Waals surface area (Å²) in [5.41, 5.74) is 0.709. The van der Waals surface area contributed by atoms with Gasteiger partial charge in [-0.3, -0.25) is 9.59 Å². The molecule has 1 atom stereocenters. The maximum absolute atomic E-state index is 12.7. The Bertz CT molecular complexity index is 950. The van der Waals surface area contributed by atoms with Crippen LogP contribution in [0.25, 0.3) is 0 Å². The molecule has 0 amide bonds. The van der Waals surface area contributed by atoms with Crippen LogP contribution in [0.3, 0.4) is 0 Å². The summed E-state index contributed by atoms with van der Waals surface area (Å²) in [6.07, 6.45) is 2.14. The summed E-state index contributed by atoms with van der Waals surface area (Å²) in [7, 11) is -2.35. The van der Waals surface area contributed by atoms with Crippen molar-refractivity contribution < 1.29 is 17.9 Å². The van der Waals surface area contributed by atoms with E-state index < -0.39 is 15.9 Å². The molecule has 1 aromatic carbocycles. The monoisotopic (exact) mass is 376 g/mol. The first-order valence-corrected chi connectivity index (χ1v) is 9.68. The SMILES string of the molecule is COC(=O)C1CCN(S(=O)(=O)c2ccc(Cn3ccccc3=O)cc2)C1. The summed E-state index contributed by atoms with van der Waals surface area (Å²) in [6, 6.07) is 11.4. The lowest BCUT2D eigenvalue weighted by molar-refractivity contribution is -0.144. The van der Waals surface area contributed by atoms with Crippen molar-refractivity contribution in [2.75, 3.05) is 20.2 Å². The first-order valence-electron chi connectivity index (χ1n) is 8.24. The van der Waals surface area contributed by atoms with E-state index in [9.17, 15) is 18.0 Å². The fourth-order valence-electron chi connectivity index (χ4n) is 3.01. The molecule has 1 aliphatic rings. The van der Waals surface area contributed by atoms with Crippen LogP contribution in [-0.2, 0) is 26.1 Å². The van der Waals surface area contributed by atoms with Gasteiger partial charge in [0.15, 0.2) is 0 Å². The molecule has 1 aromatic heterocycles. The molecule has 0 saturated carbocycles. The Morgan fingerprint density at radius 2 is 1.92 bits per heavy atom. The van der Waals surface area contributed by atoms with E-state index in [2.05, 4.69) is 0 Å². The number of carbonyl (C=O) groups is 1. The number of sulfonamides is 1. The highest BCUT2D eigenvalue weighted by atomic mass is 32.2. The molecule has 1 fully saturated rings. The maximum Gasteiger partial charge on any atom is 0.310 e. The Hall–Kier alpha value is -2.45. The Morgan fingerprint density at radius 1 is 1.19 bits per heavy atom. The Morgan fingerprint density at radius 3 is 2.58 bits per heavy atom. The first kappa shape index (κ1) is 18.3. The molecule has 1 saturated heterocycles. The van der Waals surface area contributed by atoms with Gasteiger partial charge in [-0.15, -0.1) is 0 Å². The molecule has 138 valence electrons. The largest absolute Gasteiger partial charge is 0.469 e. The molecule has 2 aromatic rings. The van der Waals surface area contributed by atoms with Gasteiger partial charge in [0.2, 0.25) is 10.0 Å². The molecule has 0 aliphatic carbocycles. The van der Waals surface area contributed by atoms with Crippen molar-refractivity contribution in [1.29, 1.82) is 0 Å². The van der Waals surface area contributed by atoms with Gasteiger partial charge in [-0.25, -0.2) is 8.42 Å². The van der Waals surface area contributed by atoms with Crippen LogP contribution in [0, 0.1) is 5.92 Å². The van der Waals surface area contributed by atoms with Crippen molar-refractivity contribution in [1.82, 2.24) is 8.87 Å². The van der Waals surface area contributed by atoms with E-state index in [-0.39, 0.29) is 23.0 Å². The third kappa shape index (κ3) is 3.71. The number of ether oxygens (including phenoxy) is 1. The van der Waals surface area contributed by atoms with E-state index >= 15 is 0 Å². The number of hydrogen-bond donors (Lipinski definition) is 0. The zero-order valence-corrected chi connectivity index (χ0v) is 15.2. The maximum atomic E-state index is 12.7. The minimum atomic E-state index is -3.65. The van der Waals surface area contributed by atoms with Crippen LogP contribution in [0.5, 0.6) is 0 Å². The van der Waals surface area contributed by atoms with Crippen LogP contribution < -0.4 is 5.56 Å². The van der Waals surface area contributed by atoms with Gasteiger partial charge in [0, 0.05) is 25.4 Å². The second-order valence-electron chi connectivity index (χ2n) is 6.18. The number of carbonyl (C=O) groups excluding carboxylic acids is 1. The van der Waals surface area contributed by atoms with Crippen LogP contribution in [0.2, 0.25) is 0 Å². The molecule has 2 heterocycles. The van der Waals surface area contributed by atoms with Crippen molar-refractivity contribution in [2.24, 2.45) is 5.92 Å². The predicted molar refractivity (Wildman–Crippen MR) is 95.1 cm³/mol. The zero-order valence-electron chi connectivity index (χ0n) is 14.4. The summed E-state index contributed by atoms with van der Waals surface area (Å²) >= 11 is 0. The summed E-state index contributed by atoms with van der Waals surface area (Å²) in [6.45, 7) is 0.799. The molecule has 26 heavy (non-hydrogen) atoms. The molecule has 1 unspecified atom stereocenters. The molecular formula is C18H20N2O5S. The van der Waals surface area contributed by atoms with Gasteiger partial charge in [-0.2, -0.15) is 4.31 Å². The topological polar surface area (TPSA) is 85.7 Å². The fourth-order valence-corrected chi connectivity index (χ4v) is 4.51. The van der Waals surface area contributed by atoms with Crippen molar-refractivity contribution in [3.63, 3.8) is 0 Å². The number of rotatable bonds is 5. The van der Waals surface area contributed by atoms with Gasteiger partial charge < -0.3 is 9.30 Å². The van der Waals surface area contributed by atoms with Gasteiger partial charge in [0.05, 0.1) is 24.5 Å². The third-order valence-electron chi connectivity index (χ3n) is 4.50.